The van der Waals surface area contributed by atoms with Gasteiger partial charge in [-0.2, -0.15) is 0 Å². The zero-order valence-electron chi connectivity index (χ0n) is 21.6. The van der Waals surface area contributed by atoms with Gasteiger partial charge in [-0.1, -0.05) is 56.3 Å². The van der Waals surface area contributed by atoms with Crippen molar-refractivity contribution in [3.05, 3.63) is 54.6 Å². The van der Waals surface area contributed by atoms with E-state index in [1.807, 2.05) is 68.4 Å². The Hall–Kier alpha value is -3.55. The highest BCUT2D eigenvalue weighted by Crippen LogP contribution is 2.28. The fourth-order valence-corrected chi connectivity index (χ4v) is 4.16. The summed E-state index contributed by atoms with van der Waals surface area (Å²) < 4.78 is 11.6. The highest BCUT2D eigenvalue weighted by molar-refractivity contribution is 5.89. The number of ether oxygens (including phenoxy) is 2. The molecule has 3 rings (SSSR count). The van der Waals surface area contributed by atoms with Crippen LogP contribution in [-0.4, -0.2) is 58.3 Å². The van der Waals surface area contributed by atoms with Gasteiger partial charge in [0.15, 0.2) is 0 Å². The molecular weight excluding hydrogens is 460 g/mol. The third kappa shape index (κ3) is 7.47. The van der Waals surface area contributed by atoms with E-state index in [-0.39, 0.29) is 25.3 Å². The number of hydrogen-bond donors (Lipinski definition) is 2. The van der Waals surface area contributed by atoms with Crippen molar-refractivity contribution in [2.75, 3.05) is 6.54 Å². The largest absolute Gasteiger partial charge is 0.488 e. The van der Waals surface area contributed by atoms with Gasteiger partial charge in [0, 0.05) is 6.42 Å². The fraction of sp³-hybridized carbons (Fsp3) is 0.464. The van der Waals surface area contributed by atoms with E-state index in [9.17, 15) is 19.5 Å². The summed E-state index contributed by atoms with van der Waals surface area (Å²) in [6, 6.07) is 15.7. The molecule has 0 radical (unpaired) electrons. The van der Waals surface area contributed by atoms with Gasteiger partial charge in [-0.3, -0.25) is 9.69 Å². The summed E-state index contributed by atoms with van der Waals surface area (Å²) in [7, 11) is 0. The van der Waals surface area contributed by atoms with Gasteiger partial charge in [-0.05, 0) is 56.4 Å². The number of carbonyl (C=O) groups is 3. The Labute approximate surface area is 212 Å². The lowest BCUT2D eigenvalue weighted by molar-refractivity contribution is -0.143. The van der Waals surface area contributed by atoms with Crippen LogP contribution in [0.15, 0.2) is 54.6 Å². The number of amides is 2. The molecule has 1 aliphatic rings. The minimum atomic E-state index is -1.11. The molecule has 1 heterocycles. The minimum Gasteiger partial charge on any atom is -0.488 e. The first-order valence-electron chi connectivity index (χ1n) is 12.3. The van der Waals surface area contributed by atoms with Gasteiger partial charge in [-0.15, -0.1) is 0 Å². The van der Waals surface area contributed by atoms with E-state index in [1.54, 1.807) is 20.8 Å². The van der Waals surface area contributed by atoms with Crippen LogP contribution in [0.25, 0.3) is 11.1 Å². The van der Waals surface area contributed by atoms with Gasteiger partial charge < -0.3 is 19.9 Å². The van der Waals surface area contributed by atoms with Crippen molar-refractivity contribution in [1.29, 1.82) is 0 Å². The molecule has 1 fully saturated rings. The maximum atomic E-state index is 13.1. The lowest BCUT2D eigenvalue weighted by Crippen LogP contribution is -2.51. The maximum absolute atomic E-state index is 13.1. The van der Waals surface area contributed by atoms with Crippen molar-refractivity contribution < 1.29 is 29.0 Å². The molecule has 1 saturated heterocycles. The molecule has 0 aliphatic carbocycles. The second-order valence-electron chi connectivity index (χ2n) is 10.5. The molecule has 194 valence electrons. The van der Waals surface area contributed by atoms with Crippen LogP contribution in [0.3, 0.4) is 0 Å². The summed E-state index contributed by atoms with van der Waals surface area (Å²) in [4.78, 5) is 39.1. The zero-order valence-corrected chi connectivity index (χ0v) is 21.6. The molecule has 2 aromatic rings. The number of carbonyl (C=O) groups excluding carboxylic acids is 2. The SMILES string of the molecule is CC(C)C[C@H](NC(=O)[C@@H]1C[C@H](Oc2ccc(-c3ccccc3)cc2)CN1C(=O)OC(C)(C)C)C(=O)O. The van der Waals surface area contributed by atoms with Crippen LogP contribution in [0, 0.1) is 5.92 Å². The van der Waals surface area contributed by atoms with Crippen molar-refractivity contribution in [3.63, 3.8) is 0 Å². The molecule has 0 bridgehead atoms. The fourth-order valence-electron chi connectivity index (χ4n) is 4.16. The Bertz CT molecular complexity index is 1050. The minimum absolute atomic E-state index is 0.0758. The molecule has 1 aliphatic heterocycles. The van der Waals surface area contributed by atoms with Crippen LogP contribution in [0.1, 0.15) is 47.5 Å². The highest BCUT2D eigenvalue weighted by atomic mass is 16.6. The van der Waals surface area contributed by atoms with E-state index >= 15 is 0 Å². The third-order valence-electron chi connectivity index (χ3n) is 5.78. The number of hydrogen-bond acceptors (Lipinski definition) is 5. The molecule has 0 unspecified atom stereocenters. The Balaban J connectivity index is 1.74. The topological polar surface area (TPSA) is 105 Å². The molecule has 36 heavy (non-hydrogen) atoms. The number of aliphatic carboxylic acids is 1. The van der Waals surface area contributed by atoms with Crippen LogP contribution in [0.4, 0.5) is 4.79 Å². The van der Waals surface area contributed by atoms with Crippen molar-refractivity contribution in [2.24, 2.45) is 5.92 Å². The molecule has 2 N–H and O–H groups in total. The second-order valence-corrected chi connectivity index (χ2v) is 10.5. The van der Waals surface area contributed by atoms with E-state index in [4.69, 9.17) is 9.47 Å². The molecule has 2 amide bonds. The van der Waals surface area contributed by atoms with Gasteiger partial charge >= 0.3 is 12.1 Å². The number of nitrogens with zero attached hydrogens (tertiary/aromatic N) is 1. The summed E-state index contributed by atoms with van der Waals surface area (Å²) in [5.74, 6) is -0.940. The Kier molecular flexibility index (Phi) is 8.61. The standard InChI is InChI=1S/C28H36N2O6/c1-18(2)15-23(26(32)33)29-25(31)24-16-22(17-30(24)27(34)36-28(3,4)5)35-21-13-11-20(12-14-21)19-9-7-6-8-10-19/h6-14,18,22-24H,15-17H2,1-5H3,(H,29,31)(H,32,33)/t22-,23-,24-/m0/s1. The third-order valence-corrected chi connectivity index (χ3v) is 5.78. The molecule has 2 aromatic carbocycles. The van der Waals surface area contributed by atoms with Crippen LogP contribution in [-0.2, 0) is 14.3 Å². The average molecular weight is 497 g/mol. The van der Waals surface area contributed by atoms with Crippen molar-refractivity contribution in [3.8, 4) is 16.9 Å². The number of rotatable bonds is 8. The van der Waals surface area contributed by atoms with Crippen LogP contribution in [0.2, 0.25) is 0 Å². The predicted octanol–water partition coefficient (Wildman–Crippen LogP) is 4.73. The summed E-state index contributed by atoms with van der Waals surface area (Å²) in [6.07, 6.45) is -0.582. The predicted molar refractivity (Wildman–Crippen MR) is 137 cm³/mol. The summed E-state index contributed by atoms with van der Waals surface area (Å²) in [6.45, 7) is 9.18. The smallest absolute Gasteiger partial charge is 0.411 e. The van der Waals surface area contributed by atoms with E-state index < -0.39 is 41.8 Å². The maximum Gasteiger partial charge on any atom is 0.411 e. The van der Waals surface area contributed by atoms with Gasteiger partial charge in [0.05, 0.1) is 6.54 Å². The number of likely N-dealkylation sites (tertiary alicyclic amines) is 1. The van der Waals surface area contributed by atoms with E-state index in [2.05, 4.69) is 5.32 Å². The van der Waals surface area contributed by atoms with Crippen molar-refractivity contribution in [2.45, 2.75) is 71.2 Å². The number of carboxylic acid groups (broad SMARTS) is 1. The molecule has 8 heteroatoms. The summed E-state index contributed by atoms with van der Waals surface area (Å²) in [5.41, 5.74) is 1.39. The molecule has 8 nitrogen and oxygen atoms in total. The normalized spacial score (nSPS) is 18.6. The first-order chi connectivity index (χ1) is 16.9. The Morgan fingerprint density at radius 3 is 2.19 bits per heavy atom. The van der Waals surface area contributed by atoms with Gasteiger partial charge in [-0.25, -0.2) is 9.59 Å². The molecule has 0 saturated carbocycles. The Morgan fingerprint density at radius 2 is 1.64 bits per heavy atom. The lowest BCUT2D eigenvalue weighted by atomic mass is 10.0. The van der Waals surface area contributed by atoms with Crippen molar-refractivity contribution >= 4 is 18.0 Å². The Morgan fingerprint density at radius 1 is 1.03 bits per heavy atom. The number of carboxylic acids is 1. The van der Waals surface area contributed by atoms with E-state index in [0.29, 0.717) is 5.75 Å². The van der Waals surface area contributed by atoms with E-state index in [1.165, 1.54) is 4.90 Å². The van der Waals surface area contributed by atoms with Crippen LogP contribution in [0.5, 0.6) is 5.75 Å². The lowest BCUT2D eigenvalue weighted by Gasteiger charge is -2.28. The first kappa shape index (κ1) is 27.0. The number of benzene rings is 2. The van der Waals surface area contributed by atoms with Crippen LogP contribution < -0.4 is 10.1 Å². The quantitative estimate of drug-likeness (QED) is 0.548. The first-order valence-corrected chi connectivity index (χ1v) is 12.3. The highest BCUT2D eigenvalue weighted by Gasteiger charge is 2.43. The van der Waals surface area contributed by atoms with Crippen LogP contribution >= 0.6 is 0 Å². The monoisotopic (exact) mass is 496 g/mol. The summed E-state index contributed by atoms with van der Waals surface area (Å²) in [5, 5.41) is 12.2. The molecule has 0 spiro atoms. The van der Waals surface area contributed by atoms with E-state index in [0.717, 1.165) is 11.1 Å². The van der Waals surface area contributed by atoms with Gasteiger partial charge in [0.2, 0.25) is 5.91 Å². The molecule has 3 atom stereocenters. The molecule has 0 aromatic heterocycles. The molecular formula is C28H36N2O6. The summed E-state index contributed by atoms with van der Waals surface area (Å²) >= 11 is 0. The second kappa shape index (κ2) is 11.5. The number of nitrogens with one attached hydrogen (secondary N) is 1. The zero-order chi connectivity index (χ0) is 26.5. The average Bonchev–Trinajstić information content (AvgIpc) is 3.22. The van der Waals surface area contributed by atoms with Gasteiger partial charge in [0.25, 0.3) is 0 Å². The van der Waals surface area contributed by atoms with Gasteiger partial charge in [0.1, 0.15) is 29.5 Å². The van der Waals surface area contributed by atoms with Crippen molar-refractivity contribution in [1.82, 2.24) is 10.2 Å².